The summed E-state index contributed by atoms with van der Waals surface area (Å²) in [5.41, 5.74) is 2.66. The lowest BCUT2D eigenvalue weighted by Gasteiger charge is -2.48. The number of rotatable bonds is 4. The molecule has 0 bridgehead atoms. The van der Waals surface area contributed by atoms with E-state index in [2.05, 4.69) is 45.9 Å². The normalized spacial score (nSPS) is 37.5. The zero-order chi connectivity index (χ0) is 17.9. The van der Waals surface area contributed by atoms with Crippen LogP contribution in [-0.4, -0.2) is 22.3 Å². The second-order valence-corrected chi connectivity index (χ2v) is 7.36. The lowest BCUT2D eigenvalue weighted by atomic mass is 9.57. The number of aliphatic hydroxyl groups is 1. The Labute approximate surface area is 145 Å². The Morgan fingerprint density at radius 2 is 2.00 bits per heavy atom. The summed E-state index contributed by atoms with van der Waals surface area (Å²) < 4.78 is 0. The molecule has 0 unspecified atom stereocenters. The van der Waals surface area contributed by atoms with E-state index in [-0.39, 0.29) is 12.0 Å². The van der Waals surface area contributed by atoms with Crippen molar-refractivity contribution in [1.82, 2.24) is 0 Å². The monoisotopic (exact) mass is 330 g/mol. The van der Waals surface area contributed by atoms with Crippen LogP contribution >= 0.6 is 0 Å². The average molecular weight is 330 g/mol. The van der Waals surface area contributed by atoms with E-state index in [1.165, 1.54) is 11.1 Å². The maximum absolute atomic E-state index is 10.7. The SMILES string of the molecule is C/C=C(\C)[C@@H]1C(C)=C[C@H]2[C@H]([C@@H]1/C=C/C=C/C(=O)O)[C@@H](C)CC[C@@H]2O. The van der Waals surface area contributed by atoms with Gasteiger partial charge in [-0.3, -0.25) is 0 Å². The van der Waals surface area contributed by atoms with Crippen molar-refractivity contribution < 1.29 is 15.0 Å². The molecule has 24 heavy (non-hydrogen) atoms. The molecule has 0 aliphatic heterocycles. The third-order valence-corrected chi connectivity index (χ3v) is 5.87. The van der Waals surface area contributed by atoms with Crippen LogP contribution in [0.25, 0.3) is 0 Å². The Morgan fingerprint density at radius 1 is 1.29 bits per heavy atom. The molecule has 3 heteroatoms. The van der Waals surface area contributed by atoms with E-state index in [1.807, 2.05) is 6.08 Å². The number of carboxylic acid groups (broad SMARTS) is 1. The first kappa shape index (κ1) is 18.7. The van der Waals surface area contributed by atoms with Crippen molar-refractivity contribution in [2.24, 2.45) is 29.6 Å². The number of hydrogen-bond donors (Lipinski definition) is 2. The summed E-state index contributed by atoms with van der Waals surface area (Å²) in [6.07, 6.45) is 12.9. The smallest absolute Gasteiger partial charge is 0.328 e. The Balaban J connectivity index is 2.42. The summed E-state index contributed by atoms with van der Waals surface area (Å²) in [5.74, 6) is 0.838. The molecule has 6 atom stereocenters. The molecular formula is C21H30O3. The molecule has 132 valence electrons. The molecule has 2 aliphatic rings. The number of fused-ring (bicyclic) bond motifs is 1. The molecule has 3 nitrogen and oxygen atoms in total. The molecule has 1 fully saturated rings. The molecule has 0 heterocycles. The van der Waals surface area contributed by atoms with Gasteiger partial charge in [-0.05, 0) is 51.4 Å². The minimum Gasteiger partial charge on any atom is -0.478 e. The summed E-state index contributed by atoms with van der Waals surface area (Å²) >= 11 is 0. The Morgan fingerprint density at radius 3 is 2.62 bits per heavy atom. The van der Waals surface area contributed by atoms with Crippen LogP contribution in [0, 0.1) is 29.6 Å². The molecule has 0 radical (unpaired) electrons. The van der Waals surface area contributed by atoms with Crippen molar-refractivity contribution in [3.63, 3.8) is 0 Å². The molecule has 0 amide bonds. The number of allylic oxidation sites excluding steroid dienone is 6. The topological polar surface area (TPSA) is 57.5 Å². The summed E-state index contributed by atoms with van der Waals surface area (Å²) in [7, 11) is 0. The van der Waals surface area contributed by atoms with Crippen LogP contribution in [0.5, 0.6) is 0 Å². The van der Waals surface area contributed by atoms with E-state index >= 15 is 0 Å². The van der Waals surface area contributed by atoms with Crippen LogP contribution in [-0.2, 0) is 4.79 Å². The van der Waals surface area contributed by atoms with Crippen molar-refractivity contribution in [3.05, 3.63) is 47.6 Å². The minimum absolute atomic E-state index is 0.202. The van der Waals surface area contributed by atoms with Crippen LogP contribution in [0.2, 0.25) is 0 Å². The van der Waals surface area contributed by atoms with Gasteiger partial charge in [0.15, 0.2) is 0 Å². The Hall–Kier alpha value is -1.61. The molecule has 0 spiro atoms. The average Bonchev–Trinajstić information content (AvgIpc) is 2.53. The fourth-order valence-electron chi connectivity index (χ4n) is 4.66. The fourth-order valence-corrected chi connectivity index (χ4v) is 4.66. The van der Waals surface area contributed by atoms with Gasteiger partial charge in [0.1, 0.15) is 0 Å². The first-order valence-corrected chi connectivity index (χ1v) is 8.93. The van der Waals surface area contributed by atoms with Gasteiger partial charge in [-0.1, -0.05) is 48.5 Å². The summed E-state index contributed by atoms with van der Waals surface area (Å²) in [6, 6.07) is 0. The van der Waals surface area contributed by atoms with Gasteiger partial charge >= 0.3 is 5.97 Å². The van der Waals surface area contributed by atoms with E-state index in [1.54, 1.807) is 6.08 Å². The van der Waals surface area contributed by atoms with E-state index in [0.29, 0.717) is 23.7 Å². The predicted octanol–water partition coefficient (Wildman–Crippen LogP) is 4.37. The number of carbonyl (C=O) groups is 1. The van der Waals surface area contributed by atoms with Crippen LogP contribution in [0.1, 0.15) is 40.5 Å². The lowest BCUT2D eigenvalue weighted by molar-refractivity contribution is -0.131. The van der Waals surface area contributed by atoms with E-state index in [0.717, 1.165) is 18.9 Å². The van der Waals surface area contributed by atoms with Crippen molar-refractivity contribution in [2.45, 2.75) is 46.6 Å². The number of carboxylic acids is 1. The van der Waals surface area contributed by atoms with Crippen molar-refractivity contribution in [1.29, 1.82) is 0 Å². The Bertz CT molecular complexity index is 582. The summed E-state index contributed by atoms with van der Waals surface area (Å²) in [6.45, 7) is 8.68. The highest BCUT2D eigenvalue weighted by Crippen LogP contribution is 2.50. The van der Waals surface area contributed by atoms with Gasteiger partial charge in [0.05, 0.1) is 6.10 Å². The largest absolute Gasteiger partial charge is 0.478 e. The molecule has 2 N–H and O–H groups in total. The van der Waals surface area contributed by atoms with Gasteiger partial charge < -0.3 is 10.2 Å². The fraction of sp³-hybridized carbons (Fsp3) is 0.571. The van der Waals surface area contributed by atoms with E-state index < -0.39 is 5.97 Å². The maximum Gasteiger partial charge on any atom is 0.328 e. The molecule has 1 saturated carbocycles. The van der Waals surface area contributed by atoms with Gasteiger partial charge in [0, 0.05) is 17.9 Å². The van der Waals surface area contributed by atoms with Gasteiger partial charge in [-0.2, -0.15) is 0 Å². The molecule has 0 aromatic heterocycles. The zero-order valence-electron chi connectivity index (χ0n) is 15.1. The number of aliphatic carboxylic acids is 1. The lowest BCUT2D eigenvalue weighted by Crippen LogP contribution is -2.45. The highest BCUT2D eigenvalue weighted by Gasteiger charge is 2.45. The van der Waals surface area contributed by atoms with Crippen LogP contribution in [0.3, 0.4) is 0 Å². The van der Waals surface area contributed by atoms with Gasteiger partial charge in [-0.25, -0.2) is 4.79 Å². The first-order valence-electron chi connectivity index (χ1n) is 8.93. The molecular weight excluding hydrogens is 300 g/mol. The third-order valence-electron chi connectivity index (χ3n) is 5.87. The highest BCUT2D eigenvalue weighted by atomic mass is 16.4. The molecule has 2 aliphatic carbocycles. The summed E-state index contributed by atoms with van der Waals surface area (Å²) in [4.78, 5) is 10.7. The number of hydrogen-bond acceptors (Lipinski definition) is 2. The van der Waals surface area contributed by atoms with E-state index in [4.69, 9.17) is 5.11 Å². The summed E-state index contributed by atoms with van der Waals surface area (Å²) in [5, 5.41) is 19.3. The van der Waals surface area contributed by atoms with Gasteiger partial charge in [-0.15, -0.1) is 0 Å². The molecule has 0 saturated heterocycles. The van der Waals surface area contributed by atoms with Crippen molar-refractivity contribution in [2.75, 3.05) is 0 Å². The first-order chi connectivity index (χ1) is 11.4. The van der Waals surface area contributed by atoms with Gasteiger partial charge in [0.2, 0.25) is 0 Å². The molecule has 0 aromatic rings. The van der Waals surface area contributed by atoms with Gasteiger partial charge in [0.25, 0.3) is 0 Å². The standard InChI is InChI=1S/C21H30O3/c1-5-13(2)20-15(4)12-17-18(22)11-10-14(3)21(17)16(20)8-6-7-9-19(23)24/h5-9,12,14,16-18,20-22H,10-11H2,1-4H3,(H,23,24)/b8-6+,9-7+,13-5+/t14-,16+,17+,18-,20+,21-/m0/s1. The van der Waals surface area contributed by atoms with Crippen LogP contribution < -0.4 is 0 Å². The third kappa shape index (κ3) is 3.89. The highest BCUT2D eigenvalue weighted by molar-refractivity contribution is 5.80. The van der Waals surface area contributed by atoms with Crippen LogP contribution in [0.4, 0.5) is 0 Å². The van der Waals surface area contributed by atoms with Crippen molar-refractivity contribution >= 4 is 5.97 Å². The van der Waals surface area contributed by atoms with Crippen LogP contribution in [0.15, 0.2) is 47.6 Å². The minimum atomic E-state index is -0.931. The molecule has 0 aromatic carbocycles. The zero-order valence-corrected chi connectivity index (χ0v) is 15.1. The molecule has 2 rings (SSSR count). The second kappa shape index (κ2) is 7.98. The number of aliphatic hydroxyl groups excluding tert-OH is 1. The predicted molar refractivity (Wildman–Crippen MR) is 97.5 cm³/mol. The second-order valence-electron chi connectivity index (χ2n) is 7.36. The van der Waals surface area contributed by atoms with E-state index in [9.17, 15) is 9.90 Å². The Kier molecular flexibility index (Phi) is 6.22. The maximum atomic E-state index is 10.7. The van der Waals surface area contributed by atoms with Crippen molar-refractivity contribution in [3.8, 4) is 0 Å². The quantitative estimate of drug-likeness (QED) is 0.457.